The average Bonchev–Trinajstić information content (AvgIpc) is 2.50. The molecule has 1 saturated carbocycles. The number of hydrogen-bond donors (Lipinski definition) is 0. The fourth-order valence-corrected chi connectivity index (χ4v) is 2.13. The van der Waals surface area contributed by atoms with E-state index in [1.54, 1.807) is 0 Å². The van der Waals surface area contributed by atoms with Crippen LogP contribution in [-0.2, 0) is 0 Å². The zero-order valence-electron chi connectivity index (χ0n) is 12.0. The van der Waals surface area contributed by atoms with Gasteiger partial charge in [-0.25, -0.2) is 17.6 Å². The Kier molecular flexibility index (Phi) is 5.01. The van der Waals surface area contributed by atoms with Gasteiger partial charge in [0.2, 0.25) is 6.17 Å². The molecule has 0 spiro atoms. The summed E-state index contributed by atoms with van der Waals surface area (Å²) in [6.45, 7) is 0. The van der Waals surface area contributed by atoms with E-state index < -0.39 is 59.7 Å². The Morgan fingerprint density at radius 1 is 0.607 bits per heavy atom. The number of halogens is 18. The summed E-state index contributed by atoms with van der Waals surface area (Å²) in [6, 6.07) is 0. The Morgan fingerprint density at radius 3 is 1.29 bits per heavy atom. The highest BCUT2D eigenvalue weighted by Gasteiger charge is 3.02. The molecule has 18 heteroatoms. The molecule has 28 heavy (non-hydrogen) atoms. The molecule has 0 saturated heterocycles. The van der Waals surface area contributed by atoms with E-state index in [4.69, 9.17) is 0 Å². The number of alkyl halides is 18. The van der Waals surface area contributed by atoms with Gasteiger partial charge in [0.05, 0.1) is 0 Å². The third-order valence-electron chi connectivity index (χ3n) is 3.88. The van der Waals surface area contributed by atoms with Crippen molar-refractivity contribution in [1.82, 2.24) is 0 Å². The van der Waals surface area contributed by atoms with Crippen LogP contribution in [0.1, 0.15) is 0 Å². The molecule has 1 fully saturated rings. The van der Waals surface area contributed by atoms with E-state index in [-0.39, 0.29) is 0 Å². The first-order valence-corrected chi connectivity index (χ1v) is 6.11. The lowest BCUT2D eigenvalue weighted by Crippen LogP contribution is -2.86. The Balaban J connectivity index is 3.95. The minimum atomic E-state index is -8.49. The van der Waals surface area contributed by atoms with E-state index in [1.165, 1.54) is 0 Å². The van der Waals surface area contributed by atoms with Crippen LogP contribution in [0.3, 0.4) is 0 Å². The quantitative estimate of drug-likeness (QED) is 0.465. The van der Waals surface area contributed by atoms with Gasteiger partial charge in [0.15, 0.2) is 0 Å². The summed E-state index contributed by atoms with van der Waals surface area (Å²) in [4.78, 5) is 0. The molecule has 0 N–H and O–H groups in total. The van der Waals surface area contributed by atoms with Gasteiger partial charge in [0, 0.05) is 0 Å². The van der Waals surface area contributed by atoms with Crippen LogP contribution in [-0.4, -0.2) is 59.7 Å². The Morgan fingerprint density at radius 2 is 0.964 bits per heavy atom. The Bertz CT molecular complexity index is 618. The SMILES string of the molecule is FC(F)C(F)(F)C(F)(F)C(F)(F)C1(F)C(F)C(F)(F)C(F)(F)C(F)(F)C1(F)F. The molecule has 1 aliphatic carbocycles. The molecule has 0 aromatic rings. The van der Waals surface area contributed by atoms with Crippen LogP contribution in [0.2, 0.25) is 0 Å². The van der Waals surface area contributed by atoms with Gasteiger partial charge in [-0.1, -0.05) is 0 Å². The molecule has 0 amide bonds. The number of rotatable bonds is 4. The average molecular weight is 464 g/mol. The smallest absolute Gasteiger partial charge is 0.236 e. The van der Waals surface area contributed by atoms with Crippen molar-refractivity contribution in [2.24, 2.45) is 0 Å². The zero-order chi connectivity index (χ0) is 23.2. The van der Waals surface area contributed by atoms with Crippen molar-refractivity contribution in [3.8, 4) is 0 Å². The van der Waals surface area contributed by atoms with Crippen molar-refractivity contribution < 1.29 is 79.0 Å². The van der Waals surface area contributed by atoms with Crippen molar-refractivity contribution in [2.75, 3.05) is 0 Å². The van der Waals surface area contributed by atoms with Crippen molar-refractivity contribution in [2.45, 2.75) is 59.7 Å². The molecule has 1 aliphatic rings. The third kappa shape index (κ3) is 2.19. The molecule has 1 rings (SSSR count). The Hall–Kier alpha value is -1.26. The summed E-state index contributed by atoms with van der Waals surface area (Å²) in [7, 11) is 0. The van der Waals surface area contributed by atoms with Crippen LogP contribution in [0.4, 0.5) is 79.0 Å². The molecule has 0 radical (unpaired) electrons. The van der Waals surface area contributed by atoms with Crippen LogP contribution < -0.4 is 0 Å². The van der Waals surface area contributed by atoms with Gasteiger partial charge < -0.3 is 0 Å². The first-order valence-electron chi connectivity index (χ1n) is 6.11. The predicted octanol–water partition coefficient (Wildman–Crippen LogP) is 5.76. The second-order valence-electron chi connectivity index (χ2n) is 5.49. The van der Waals surface area contributed by atoms with E-state index >= 15 is 0 Å². The zero-order valence-corrected chi connectivity index (χ0v) is 12.0. The molecule has 2 unspecified atom stereocenters. The summed E-state index contributed by atoms with van der Waals surface area (Å²) in [5, 5.41) is 0. The van der Waals surface area contributed by atoms with Crippen molar-refractivity contribution in [3.05, 3.63) is 0 Å². The lowest BCUT2D eigenvalue weighted by Gasteiger charge is -2.53. The van der Waals surface area contributed by atoms with E-state index in [0.717, 1.165) is 0 Å². The molecule has 0 aromatic carbocycles. The molecule has 168 valence electrons. The minimum Gasteiger partial charge on any atom is -0.236 e. The van der Waals surface area contributed by atoms with E-state index in [2.05, 4.69) is 0 Å². The summed E-state index contributed by atoms with van der Waals surface area (Å²) in [5.41, 5.74) is -8.20. The van der Waals surface area contributed by atoms with Gasteiger partial charge in [0.1, 0.15) is 0 Å². The monoisotopic (exact) mass is 464 g/mol. The molecular formula is C10H2F18. The molecule has 0 aromatic heterocycles. The highest BCUT2D eigenvalue weighted by molar-refractivity contribution is 5.29. The molecular weight excluding hydrogens is 462 g/mol. The fraction of sp³-hybridized carbons (Fsp3) is 1.00. The Labute approximate surface area is 140 Å². The normalized spacial score (nSPS) is 32.5. The lowest BCUT2D eigenvalue weighted by atomic mass is 9.68. The molecule has 0 bridgehead atoms. The summed E-state index contributed by atoms with van der Waals surface area (Å²) in [5.74, 6) is -55.9. The van der Waals surface area contributed by atoms with Crippen molar-refractivity contribution in [3.63, 3.8) is 0 Å². The first kappa shape index (κ1) is 24.8. The minimum absolute atomic E-state index is 5.98. The lowest BCUT2D eigenvalue weighted by molar-refractivity contribution is -0.483. The molecule has 2 atom stereocenters. The maximum atomic E-state index is 13.9. The van der Waals surface area contributed by atoms with Gasteiger partial charge in [-0.05, 0) is 0 Å². The van der Waals surface area contributed by atoms with Crippen LogP contribution in [0.5, 0.6) is 0 Å². The maximum Gasteiger partial charge on any atom is 0.382 e. The molecule has 0 nitrogen and oxygen atoms in total. The first-order chi connectivity index (χ1) is 11.8. The summed E-state index contributed by atoms with van der Waals surface area (Å²) in [6.07, 6.45) is -12.7. The van der Waals surface area contributed by atoms with Crippen LogP contribution in [0.25, 0.3) is 0 Å². The highest BCUT2D eigenvalue weighted by atomic mass is 19.4. The van der Waals surface area contributed by atoms with E-state index in [9.17, 15) is 79.0 Å². The van der Waals surface area contributed by atoms with Crippen LogP contribution >= 0.6 is 0 Å². The standard InChI is InChI=1S/C10H2F18/c11-1-3(14,6(19,20)9(25,26)5(17,18)2(12)13)7(21,22)10(27,28)8(23,24)4(1,15)16/h1-2H. The highest BCUT2D eigenvalue weighted by Crippen LogP contribution is 2.70. The summed E-state index contributed by atoms with van der Waals surface area (Å²) < 4.78 is 233. The molecule has 0 aliphatic heterocycles. The summed E-state index contributed by atoms with van der Waals surface area (Å²) >= 11 is 0. The molecule has 0 heterocycles. The van der Waals surface area contributed by atoms with Gasteiger partial charge in [-0.2, -0.15) is 61.5 Å². The second-order valence-corrected chi connectivity index (χ2v) is 5.49. The van der Waals surface area contributed by atoms with E-state index in [1.807, 2.05) is 0 Å². The topological polar surface area (TPSA) is 0 Å². The largest absolute Gasteiger partial charge is 0.382 e. The van der Waals surface area contributed by atoms with Gasteiger partial charge in [-0.3, -0.25) is 0 Å². The maximum absolute atomic E-state index is 13.9. The number of hydrogen-bond acceptors (Lipinski definition) is 0. The third-order valence-corrected chi connectivity index (χ3v) is 3.88. The second kappa shape index (κ2) is 5.66. The van der Waals surface area contributed by atoms with Crippen LogP contribution in [0.15, 0.2) is 0 Å². The van der Waals surface area contributed by atoms with Gasteiger partial charge in [-0.15, -0.1) is 0 Å². The van der Waals surface area contributed by atoms with Crippen molar-refractivity contribution >= 4 is 0 Å². The van der Waals surface area contributed by atoms with E-state index in [0.29, 0.717) is 0 Å². The van der Waals surface area contributed by atoms with Crippen molar-refractivity contribution in [1.29, 1.82) is 0 Å². The van der Waals surface area contributed by atoms with Gasteiger partial charge in [0.25, 0.3) is 5.67 Å². The van der Waals surface area contributed by atoms with Crippen LogP contribution in [0, 0.1) is 0 Å². The fourth-order valence-electron chi connectivity index (χ4n) is 2.13. The predicted molar refractivity (Wildman–Crippen MR) is 49.4 cm³/mol. The van der Waals surface area contributed by atoms with Gasteiger partial charge >= 0.3 is 47.9 Å².